The summed E-state index contributed by atoms with van der Waals surface area (Å²) in [6.45, 7) is 0.610. The molecule has 0 fully saturated rings. The molecule has 3 nitrogen and oxygen atoms in total. The smallest absolute Gasteiger partial charge is 0.230 e. The average molecular weight is 164 g/mol. The number of ether oxygens (including phenoxy) is 1. The van der Waals surface area contributed by atoms with Gasteiger partial charge in [-0.15, -0.1) is 0 Å². The summed E-state index contributed by atoms with van der Waals surface area (Å²) >= 11 is 0. The Morgan fingerprint density at radius 2 is 2.42 bits per heavy atom. The molecular formula is C9H8O3. The molecule has 2 heterocycles. The predicted octanol–water partition coefficient (Wildman–Crippen LogP) is 1.77. The van der Waals surface area contributed by atoms with Crippen LogP contribution in [0.25, 0.3) is 0 Å². The molecule has 1 aromatic rings. The van der Waals surface area contributed by atoms with Gasteiger partial charge in [-0.05, 0) is 12.1 Å². The Hall–Kier alpha value is -1.51. The van der Waals surface area contributed by atoms with Gasteiger partial charge in [-0.3, -0.25) is 4.79 Å². The summed E-state index contributed by atoms with van der Waals surface area (Å²) in [6.07, 6.45) is 5.52. The molecule has 0 bridgehead atoms. The molecule has 0 spiro atoms. The van der Waals surface area contributed by atoms with Crippen LogP contribution in [0.3, 0.4) is 0 Å². The fraction of sp³-hybridized carbons (Fsp3) is 0.222. The molecule has 0 unspecified atom stereocenters. The lowest BCUT2D eigenvalue weighted by atomic mass is 10.2. The number of hydrogen-bond acceptors (Lipinski definition) is 3. The second-order valence-electron chi connectivity index (χ2n) is 2.55. The number of hydrogen-bond donors (Lipinski definition) is 0. The van der Waals surface area contributed by atoms with E-state index < -0.39 is 0 Å². The second-order valence-corrected chi connectivity index (χ2v) is 2.55. The highest BCUT2D eigenvalue weighted by Gasteiger charge is 2.17. The van der Waals surface area contributed by atoms with E-state index in [9.17, 15) is 4.79 Å². The first-order valence-corrected chi connectivity index (χ1v) is 3.78. The number of carbonyl (C=O) groups is 1. The number of ketones is 1. The third kappa shape index (κ3) is 1.13. The lowest BCUT2D eigenvalue weighted by molar-refractivity contribution is 0.0941. The van der Waals surface area contributed by atoms with Gasteiger partial charge in [-0.2, -0.15) is 0 Å². The second kappa shape index (κ2) is 2.85. The molecule has 0 aliphatic carbocycles. The highest BCUT2D eigenvalue weighted by Crippen LogP contribution is 2.15. The monoisotopic (exact) mass is 164 g/mol. The summed E-state index contributed by atoms with van der Waals surface area (Å²) in [5, 5.41) is 0. The van der Waals surface area contributed by atoms with Crippen LogP contribution in [-0.2, 0) is 4.74 Å². The summed E-state index contributed by atoms with van der Waals surface area (Å²) < 4.78 is 9.90. The molecule has 12 heavy (non-hydrogen) atoms. The molecule has 1 aliphatic heterocycles. The van der Waals surface area contributed by atoms with Crippen molar-refractivity contribution < 1.29 is 13.9 Å². The van der Waals surface area contributed by atoms with E-state index in [4.69, 9.17) is 9.15 Å². The highest BCUT2D eigenvalue weighted by molar-refractivity contribution is 6.07. The van der Waals surface area contributed by atoms with Gasteiger partial charge in [0.1, 0.15) is 6.26 Å². The first-order valence-electron chi connectivity index (χ1n) is 3.78. The lowest BCUT2D eigenvalue weighted by Crippen LogP contribution is -2.01. The molecule has 0 N–H and O–H groups in total. The van der Waals surface area contributed by atoms with Gasteiger partial charge < -0.3 is 9.15 Å². The van der Waals surface area contributed by atoms with Crippen molar-refractivity contribution >= 4 is 5.78 Å². The molecule has 1 aromatic heterocycles. The zero-order valence-corrected chi connectivity index (χ0v) is 6.45. The van der Waals surface area contributed by atoms with Crippen LogP contribution in [0.2, 0.25) is 0 Å². The predicted molar refractivity (Wildman–Crippen MR) is 41.7 cm³/mol. The number of carbonyl (C=O) groups excluding carboxylic acids is 1. The molecule has 0 amide bonds. The number of rotatable bonds is 2. The van der Waals surface area contributed by atoms with Gasteiger partial charge >= 0.3 is 0 Å². The highest BCUT2D eigenvalue weighted by atomic mass is 16.5. The zero-order valence-electron chi connectivity index (χ0n) is 6.45. The topological polar surface area (TPSA) is 39.4 Å². The van der Waals surface area contributed by atoms with Crippen molar-refractivity contribution in [3.8, 4) is 0 Å². The third-order valence-corrected chi connectivity index (χ3v) is 1.71. The van der Waals surface area contributed by atoms with Crippen LogP contribution < -0.4 is 0 Å². The van der Waals surface area contributed by atoms with Crippen LogP contribution in [0.15, 0.2) is 34.8 Å². The Kier molecular flexibility index (Phi) is 1.70. The summed E-state index contributed by atoms with van der Waals surface area (Å²) in [6, 6.07) is 1.63. The molecular weight excluding hydrogens is 156 g/mol. The van der Waals surface area contributed by atoms with E-state index >= 15 is 0 Å². The van der Waals surface area contributed by atoms with E-state index in [1.807, 2.05) is 0 Å². The maximum atomic E-state index is 11.5. The van der Waals surface area contributed by atoms with E-state index in [0.29, 0.717) is 17.9 Å². The summed E-state index contributed by atoms with van der Waals surface area (Å²) in [5.74, 6) is 0.345. The van der Waals surface area contributed by atoms with Crippen molar-refractivity contribution in [3.05, 3.63) is 36.0 Å². The number of furan rings is 1. The number of Topliss-reactive ketones (excluding diaryl/α,β-unsaturated/α-hetero) is 1. The summed E-state index contributed by atoms with van der Waals surface area (Å²) in [7, 11) is 0. The van der Waals surface area contributed by atoms with E-state index in [1.165, 1.54) is 12.5 Å². The maximum Gasteiger partial charge on any atom is 0.230 e. The summed E-state index contributed by atoms with van der Waals surface area (Å²) in [4.78, 5) is 11.5. The van der Waals surface area contributed by atoms with Crippen molar-refractivity contribution in [3.63, 3.8) is 0 Å². The Morgan fingerprint density at radius 1 is 1.50 bits per heavy atom. The maximum absolute atomic E-state index is 11.5. The minimum Gasteiger partial charge on any atom is -0.489 e. The molecule has 62 valence electrons. The van der Waals surface area contributed by atoms with Crippen LogP contribution >= 0.6 is 0 Å². The van der Waals surface area contributed by atoms with E-state index in [-0.39, 0.29) is 5.78 Å². The SMILES string of the molecule is O=C(C1=CCCO1)c1ccoc1. The zero-order chi connectivity index (χ0) is 8.39. The standard InChI is InChI=1S/C9H8O3/c10-9(7-3-5-11-6-7)8-2-1-4-12-8/h2-3,5-6H,1,4H2. The van der Waals surface area contributed by atoms with Crippen LogP contribution in [0, 0.1) is 0 Å². The van der Waals surface area contributed by atoms with Crippen molar-refractivity contribution in [2.75, 3.05) is 6.61 Å². The van der Waals surface area contributed by atoms with Crippen molar-refractivity contribution in [2.24, 2.45) is 0 Å². The van der Waals surface area contributed by atoms with Gasteiger partial charge in [0.05, 0.1) is 18.4 Å². The number of allylic oxidation sites excluding steroid dienone is 1. The average Bonchev–Trinajstić information content (AvgIpc) is 2.77. The van der Waals surface area contributed by atoms with Gasteiger partial charge in [0, 0.05) is 6.42 Å². The minimum absolute atomic E-state index is 0.0961. The molecule has 3 heteroatoms. The van der Waals surface area contributed by atoms with E-state index in [0.717, 1.165) is 6.42 Å². The molecule has 1 aliphatic rings. The molecule has 2 rings (SSSR count). The Bertz CT molecular complexity index is 309. The fourth-order valence-electron chi connectivity index (χ4n) is 1.11. The van der Waals surface area contributed by atoms with Gasteiger partial charge in [-0.25, -0.2) is 0 Å². The normalized spacial score (nSPS) is 15.5. The van der Waals surface area contributed by atoms with Gasteiger partial charge in [-0.1, -0.05) is 0 Å². The van der Waals surface area contributed by atoms with Crippen molar-refractivity contribution in [1.29, 1.82) is 0 Å². The van der Waals surface area contributed by atoms with Crippen LogP contribution in [0.4, 0.5) is 0 Å². The quantitative estimate of drug-likeness (QED) is 0.625. The van der Waals surface area contributed by atoms with Gasteiger partial charge in [0.25, 0.3) is 0 Å². The summed E-state index contributed by atoms with van der Waals surface area (Å²) in [5.41, 5.74) is 0.545. The lowest BCUT2D eigenvalue weighted by Gasteiger charge is -1.98. The molecule has 0 saturated heterocycles. The van der Waals surface area contributed by atoms with Crippen LogP contribution in [-0.4, -0.2) is 12.4 Å². The van der Waals surface area contributed by atoms with Crippen molar-refractivity contribution in [2.45, 2.75) is 6.42 Å². The minimum atomic E-state index is -0.0961. The molecule has 0 radical (unpaired) electrons. The first-order chi connectivity index (χ1) is 5.88. The van der Waals surface area contributed by atoms with Gasteiger partial charge in [0.15, 0.2) is 5.76 Å². The molecule has 0 saturated carbocycles. The Balaban J connectivity index is 2.20. The fourth-order valence-corrected chi connectivity index (χ4v) is 1.11. The van der Waals surface area contributed by atoms with Gasteiger partial charge in [0.2, 0.25) is 5.78 Å². The van der Waals surface area contributed by atoms with E-state index in [1.54, 1.807) is 12.1 Å². The Morgan fingerprint density at radius 3 is 3.00 bits per heavy atom. The Labute approximate surface area is 69.6 Å². The van der Waals surface area contributed by atoms with Crippen LogP contribution in [0.1, 0.15) is 16.8 Å². The van der Waals surface area contributed by atoms with Crippen molar-refractivity contribution in [1.82, 2.24) is 0 Å². The molecule has 0 atom stereocenters. The largest absolute Gasteiger partial charge is 0.489 e. The first kappa shape index (κ1) is 7.16. The van der Waals surface area contributed by atoms with E-state index in [2.05, 4.69) is 0 Å². The third-order valence-electron chi connectivity index (χ3n) is 1.71. The van der Waals surface area contributed by atoms with Crippen LogP contribution in [0.5, 0.6) is 0 Å². The molecule has 0 aromatic carbocycles.